The molecule has 6 nitrogen and oxygen atoms in total. The van der Waals surface area contributed by atoms with Gasteiger partial charge in [0.25, 0.3) is 0 Å². The normalized spacial score (nSPS) is 17.6. The van der Waals surface area contributed by atoms with E-state index in [4.69, 9.17) is 9.84 Å². The van der Waals surface area contributed by atoms with E-state index < -0.39 is 5.97 Å². The van der Waals surface area contributed by atoms with Gasteiger partial charge in [0.15, 0.2) is 0 Å². The molecular formula is C22H26N2O4. The maximum Gasteiger partial charge on any atom is 0.335 e. The second-order valence-electron chi connectivity index (χ2n) is 7.20. The average Bonchev–Trinajstić information content (AvgIpc) is 3.08. The van der Waals surface area contributed by atoms with Gasteiger partial charge in [-0.3, -0.25) is 9.78 Å². The molecule has 1 saturated heterocycles. The summed E-state index contributed by atoms with van der Waals surface area (Å²) >= 11 is 0. The number of benzene rings is 1. The van der Waals surface area contributed by atoms with Crippen molar-refractivity contribution < 1.29 is 19.4 Å². The first-order chi connectivity index (χ1) is 13.5. The summed E-state index contributed by atoms with van der Waals surface area (Å²) in [5.74, 6) is 0.0962. The molecule has 0 aliphatic carbocycles. The van der Waals surface area contributed by atoms with Crippen LogP contribution in [0.25, 0.3) is 0 Å². The molecule has 0 bridgehead atoms. The molecule has 0 unspecified atom stereocenters. The van der Waals surface area contributed by atoms with Gasteiger partial charge in [0.1, 0.15) is 5.75 Å². The topological polar surface area (TPSA) is 79.7 Å². The number of ether oxygens (including phenoxy) is 1. The number of rotatable bonds is 8. The molecule has 1 fully saturated rings. The molecule has 148 valence electrons. The molecule has 3 rings (SSSR count). The van der Waals surface area contributed by atoms with Crippen LogP contribution in [-0.2, 0) is 11.2 Å². The van der Waals surface area contributed by atoms with E-state index in [2.05, 4.69) is 11.9 Å². The number of likely N-dealkylation sites (tertiary alicyclic amines) is 1. The minimum atomic E-state index is -0.946. The molecule has 1 aliphatic heterocycles. The number of carbonyl (C=O) groups is 2. The average molecular weight is 382 g/mol. The van der Waals surface area contributed by atoms with Crippen molar-refractivity contribution in [3.8, 4) is 5.75 Å². The number of carbonyl (C=O) groups excluding carboxylic acids is 1. The first kappa shape index (κ1) is 19.9. The zero-order valence-corrected chi connectivity index (χ0v) is 16.3. The van der Waals surface area contributed by atoms with Crippen LogP contribution in [0.5, 0.6) is 5.75 Å². The number of hydrogen-bond donors (Lipinski definition) is 1. The van der Waals surface area contributed by atoms with E-state index in [-0.39, 0.29) is 23.4 Å². The third-order valence-corrected chi connectivity index (χ3v) is 5.47. The first-order valence-electron chi connectivity index (χ1n) is 9.62. The Bertz CT molecular complexity index is 835. The molecule has 2 aromatic rings. The maximum atomic E-state index is 12.8. The van der Waals surface area contributed by atoms with Gasteiger partial charge in [-0.1, -0.05) is 12.1 Å². The standard InChI is InChI=1S/C22H26N2O4/c1-15(16-6-8-20(28-2)9-7-16)24-13-11-17(21(24)25)4-3-5-19-14-18(22(26)27)10-12-23-19/h6-10,12,14-15,17H,3-5,11,13H2,1-2H3,(H,26,27)/t15-,17+/m1/s1. The predicted octanol–water partition coefficient (Wildman–Crippen LogP) is 3.72. The van der Waals surface area contributed by atoms with Crippen LogP contribution in [0.4, 0.5) is 0 Å². The van der Waals surface area contributed by atoms with Crippen LogP contribution in [0.15, 0.2) is 42.6 Å². The van der Waals surface area contributed by atoms with Gasteiger partial charge in [-0.15, -0.1) is 0 Å². The molecule has 0 spiro atoms. The number of aryl methyl sites for hydroxylation is 1. The van der Waals surface area contributed by atoms with Crippen LogP contribution in [0.2, 0.25) is 0 Å². The third-order valence-electron chi connectivity index (χ3n) is 5.47. The van der Waals surface area contributed by atoms with E-state index in [1.54, 1.807) is 13.2 Å². The van der Waals surface area contributed by atoms with E-state index in [0.29, 0.717) is 6.42 Å². The number of carboxylic acid groups (broad SMARTS) is 1. The highest BCUT2D eigenvalue weighted by molar-refractivity contribution is 5.87. The van der Waals surface area contributed by atoms with Crippen molar-refractivity contribution in [2.24, 2.45) is 5.92 Å². The van der Waals surface area contributed by atoms with Crippen molar-refractivity contribution >= 4 is 11.9 Å². The molecule has 1 N–H and O–H groups in total. The Kier molecular flexibility index (Phi) is 6.29. The fourth-order valence-electron chi connectivity index (χ4n) is 3.76. The van der Waals surface area contributed by atoms with Crippen LogP contribution < -0.4 is 4.74 Å². The molecule has 2 heterocycles. The maximum absolute atomic E-state index is 12.8. The number of amides is 1. The molecule has 0 saturated carbocycles. The number of carboxylic acids is 1. The summed E-state index contributed by atoms with van der Waals surface area (Å²) in [6.45, 7) is 2.83. The lowest BCUT2D eigenvalue weighted by atomic mass is 9.99. The minimum absolute atomic E-state index is 0.0309. The molecule has 1 aromatic carbocycles. The van der Waals surface area contributed by atoms with Crippen LogP contribution in [0.1, 0.15) is 53.8 Å². The summed E-state index contributed by atoms with van der Waals surface area (Å²) in [6, 6.07) is 11.0. The fraction of sp³-hybridized carbons (Fsp3) is 0.409. The lowest BCUT2D eigenvalue weighted by Crippen LogP contribution is -2.30. The Labute approximate surface area is 165 Å². The van der Waals surface area contributed by atoms with Gasteiger partial charge in [-0.25, -0.2) is 4.79 Å². The summed E-state index contributed by atoms with van der Waals surface area (Å²) in [4.78, 5) is 30.1. The van der Waals surface area contributed by atoms with Crippen molar-refractivity contribution in [1.29, 1.82) is 0 Å². The molecule has 1 aliphatic rings. The van der Waals surface area contributed by atoms with Gasteiger partial charge < -0.3 is 14.7 Å². The lowest BCUT2D eigenvalue weighted by molar-refractivity contribution is -0.133. The van der Waals surface area contributed by atoms with Crippen LogP contribution in [0.3, 0.4) is 0 Å². The monoisotopic (exact) mass is 382 g/mol. The lowest BCUT2D eigenvalue weighted by Gasteiger charge is -2.25. The fourth-order valence-corrected chi connectivity index (χ4v) is 3.76. The molecule has 1 aromatic heterocycles. The van der Waals surface area contributed by atoms with Gasteiger partial charge in [-0.05, 0) is 62.4 Å². The molecule has 0 radical (unpaired) electrons. The number of nitrogens with zero attached hydrogens (tertiary/aromatic N) is 2. The minimum Gasteiger partial charge on any atom is -0.497 e. The Morgan fingerprint density at radius 1 is 1.32 bits per heavy atom. The van der Waals surface area contributed by atoms with E-state index in [1.165, 1.54) is 12.3 Å². The molecule has 2 atom stereocenters. The highest BCUT2D eigenvalue weighted by Gasteiger charge is 2.34. The van der Waals surface area contributed by atoms with Gasteiger partial charge in [0.2, 0.25) is 5.91 Å². The number of hydrogen-bond acceptors (Lipinski definition) is 4. The second kappa shape index (κ2) is 8.87. The summed E-state index contributed by atoms with van der Waals surface area (Å²) < 4.78 is 5.20. The molecular weight excluding hydrogens is 356 g/mol. The van der Waals surface area contributed by atoms with Crippen LogP contribution in [0, 0.1) is 5.92 Å². The predicted molar refractivity (Wildman–Crippen MR) is 105 cm³/mol. The van der Waals surface area contributed by atoms with Gasteiger partial charge in [0, 0.05) is 24.4 Å². The second-order valence-corrected chi connectivity index (χ2v) is 7.20. The number of methoxy groups -OCH3 is 1. The molecule has 1 amide bonds. The summed E-state index contributed by atoms with van der Waals surface area (Å²) in [5.41, 5.74) is 2.11. The Hall–Kier alpha value is -2.89. The summed E-state index contributed by atoms with van der Waals surface area (Å²) in [7, 11) is 1.64. The highest BCUT2D eigenvalue weighted by Crippen LogP contribution is 2.31. The van der Waals surface area contributed by atoms with Crippen molar-refractivity contribution in [2.75, 3.05) is 13.7 Å². The third kappa shape index (κ3) is 4.50. The van der Waals surface area contributed by atoms with E-state index in [0.717, 1.165) is 42.8 Å². The van der Waals surface area contributed by atoms with Crippen LogP contribution in [-0.4, -0.2) is 40.5 Å². The first-order valence-corrected chi connectivity index (χ1v) is 9.62. The van der Waals surface area contributed by atoms with Gasteiger partial charge in [0.05, 0.1) is 18.7 Å². The Morgan fingerprint density at radius 3 is 2.75 bits per heavy atom. The van der Waals surface area contributed by atoms with E-state index in [9.17, 15) is 9.59 Å². The molecule has 28 heavy (non-hydrogen) atoms. The Morgan fingerprint density at radius 2 is 2.07 bits per heavy atom. The van der Waals surface area contributed by atoms with Crippen molar-refractivity contribution in [1.82, 2.24) is 9.88 Å². The zero-order chi connectivity index (χ0) is 20.1. The largest absolute Gasteiger partial charge is 0.497 e. The van der Waals surface area contributed by atoms with Gasteiger partial charge >= 0.3 is 5.97 Å². The van der Waals surface area contributed by atoms with Crippen molar-refractivity contribution in [3.63, 3.8) is 0 Å². The smallest absolute Gasteiger partial charge is 0.335 e. The van der Waals surface area contributed by atoms with E-state index in [1.807, 2.05) is 29.2 Å². The van der Waals surface area contributed by atoms with Crippen molar-refractivity contribution in [3.05, 3.63) is 59.4 Å². The Balaban J connectivity index is 1.53. The number of aromatic nitrogens is 1. The van der Waals surface area contributed by atoms with Crippen LogP contribution >= 0.6 is 0 Å². The van der Waals surface area contributed by atoms with E-state index >= 15 is 0 Å². The quantitative estimate of drug-likeness (QED) is 0.753. The highest BCUT2D eigenvalue weighted by atomic mass is 16.5. The van der Waals surface area contributed by atoms with Crippen molar-refractivity contribution in [2.45, 2.75) is 38.6 Å². The number of pyridine rings is 1. The van der Waals surface area contributed by atoms with Gasteiger partial charge in [-0.2, -0.15) is 0 Å². The summed E-state index contributed by atoms with van der Waals surface area (Å²) in [6.07, 6.45) is 4.68. The zero-order valence-electron chi connectivity index (χ0n) is 16.3. The summed E-state index contributed by atoms with van der Waals surface area (Å²) in [5, 5.41) is 9.06. The molecule has 6 heteroatoms. The SMILES string of the molecule is COc1ccc([C@@H](C)N2CC[C@H](CCCc3cc(C(=O)O)ccn3)C2=O)cc1. The number of aromatic carboxylic acids is 1.